The van der Waals surface area contributed by atoms with Gasteiger partial charge in [0, 0.05) is 30.2 Å². The van der Waals surface area contributed by atoms with Crippen molar-refractivity contribution in [1.29, 1.82) is 0 Å². The predicted octanol–water partition coefficient (Wildman–Crippen LogP) is 3.46. The first-order valence-corrected chi connectivity index (χ1v) is 8.51. The van der Waals surface area contributed by atoms with Crippen LogP contribution in [0.25, 0.3) is 0 Å². The summed E-state index contributed by atoms with van der Waals surface area (Å²) in [6.45, 7) is 2.71. The zero-order chi connectivity index (χ0) is 13.1. The summed E-state index contributed by atoms with van der Waals surface area (Å²) >= 11 is 0. The average molecular weight is 268 g/mol. The van der Waals surface area contributed by atoms with E-state index < -0.39 is 0 Å². The van der Waals surface area contributed by atoms with Crippen LogP contribution in [0.4, 0.5) is 5.69 Å². The molecule has 5 rings (SSSR count). The second-order valence-corrected chi connectivity index (χ2v) is 7.35. The van der Waals surface area contributed by atoms with Gasteiger partial charge >= 0.3 is 0 Å². The maximum atomic E-state index is 3.90. The third-order valence-corrected chi connectivity index (χ3v) is 6.51. The first-order valence-electron chi connectivity index (χ1n) is 8.51. The molecule has 2 heteroatoms. The number of hydrogen-bond acceptors (Lipinski definition) is 2. The Balaban J connectivity index is 1.51. The number of hydrogen-bond donors (Lipinski definition) is 1. The third-order valence-electron chi connectivity index (χ3n) is 6.51. The molecule has 2 saturated heterocycles. The van der Waals surface area contributed by atoms with Crippen LogP contribution in [0.15, 0.2) is 24.3 Å². The lowest BCUT2D eigenvalue weighted by Gasteiger charge is -2.42. The number of rotatable bonds is 0. The standard InChI is InChI=1S/C18H24N2/c1-2-6-13-12(5-1)11-20-10-9-15-14-7-3-4-8-16(14)19-17(15)18(13)20/h3-4,7-8,12-13,15,17-19H,1-2,5-6,9-11H2/t12-,13-,15+,17+,18-/m0/s1. The molecule has 3 heterocycles. The highest BCUT2D eigenvalue weighted by molar-refractivity contribution is 5.60. The maximum Gasteiger partial charge on any atom is 0.0489 e. The fraction of sp³-hybridized carbons (Fsp3) is 0.667. The molecule has 0 bridgehead atoms. The summed E-state index contributed by atoms with van der Waals surface area (Å²) in [4.78, 5) is 2.83. The molecular weight excluding hydrogens is 244 g/mol. The fourth-order valence-electron chi connectivity index (χ4n) is 5.73. The largest absolute Gasteiger partial charge is 0.380 e. The van der Waals surface area contributed by atoms with Gasteiger partial charge in [-0.2, -0.15) is 0 Å². The van der Waals surface area contributed by atoms with Crippen molar-refractivity contribution in [3.63, 3.8) is 0 Å². The Morgan fingerprint density at radius 2 is 1.95 bits per heavy atom. The van der Waals surface area contributed by atoms with Gasteiger partial charge in [-0.05, 0) is 49.3 Å². The third kappa shape index (κ3) is 1.49. The van der Waals surface area contributed by atoms with Crippen molar-refractivity contribution in [3.05, 3.63) is 29.8 Å². The topological polar surface area (TPSA) is 15.3 Å². The Morgan fingerprint density at radius 1 is 1.05 bits per heavy atom. The lowest BCUT2D eigenvalue weighted by molar-refractivity contribution is 0.138. The highest BCUT2D eigenvalue weighted by Crippen LogP contribution is 2.50. The molecule has 20 heavy (non-hydrogen) atoms. The van der Waals surface area contributed by atoms with Crippen molar-refractivity contribution >= 4 is 5.69 Å². The molecule has 5 atom stereocenters. The Bertz CT molecular complexity index is 526. The second-order valence-electron chi connectivity index (χ2n) is 7.35. The van der Waals surface area contributed by atoms with E-state index in [1.54, 1.807) is 5.56 Å². The monoisotopic (exact) mass is 268 g/mol. The van der Waals surface area contributed by atoms with Crippen LogP contribution in [0, 0.1) is 11.8 Å². The van der Waals surface area contributed by atoms with E-state index in [4.69, 9.17) is 0 Å². The normalized spacial score (nSPS) is 42.3. The Labute approximate surface area is 121 Å². The van der Waals surface area contributed by atoms with Gasteiger partial charge in [0.1, 0.15) is 0 Å². The van der Waals surface area contributed by atoms with Gasteiger partial charge in [-0.3, -0.25) is 4.90 Å². The number of nitrogens with one attached hydrogen (secondary N) is 1. The van der Waals surface area contributed by atoms with Crippen LogP contribution < -0.4 is 5.32 Å². The molecule has 1 saturated carbocycles. The number of fused-ring (bicyclic) bond motifs is 7. The number of para-hydroxylation sites is 1. The molecule has 0 amide bonds. The number of piperidine rings is 1. The van der Waals surface area contributed by atoms with Gasteiger partial charge in [0.15, 0.2) is 0 Å². The second kappa shape index (κ2) is 4.24. The van der Waals surface area contributed by atoms with Gasteiger partial charge < -0.3 is 5.32 Å². The number of nitrogens with zero attached hydrogens (tertiary/aromatic N) is 1. The SMILES string of the molecule is c1ccc2c(c1)N[C@H]1[C@@H]3[C@H]4CCCC[C@H]4CN3CC[C@H]21. The van der Waals surface area contributed by atoms with Crippen molar-refractivity contribution in [2.45, 2.75) is 50.1 Å². The van der Waals surface area contributed by atoms with E-state index in [0.717, 1.165) is 23.8 Å². The summed E-state index contributed by atoms with van der Waals surface area (Å²) in [6.07, 6.45) is 7.26. The molecule has 3 fully saturated rings. The van der Waals surface area contributed by atoms with Gasteiger partial charge in [-0.25, -0.2) is 0 Å². The zero-order valence-corrected chi connectivity index (χ0v) is 12.1. The van der Waals surface area contributed by atoms with Crippen molar-refractivity contribution < 1.29 is 0 Å². The van der Waals surface area contributed by atoms with Crippen LogP contribution in [0.2, 0.25) is 0 Å². The molecule has 3 aliphatic heterocycles. The first kappa shape index (κ1) is 11.6. The Morgan fingerprint density at radius 3 is 2.95 bits per heavy atom. The molecule has 0 unspecified atom stereocenters. The highest BCUT2D eigenvalue weighted by atomic mass is 15.2. The predicted molar refractivity (Wildman–Crippen MR) is 82.0 cm³/mol. The van der Waals surface area contributed by atoms with Gasteiger partial charge in [-0.1, -0.05) is 31.0 Å². The average Bonchev–Trinajstić information content (AvgIpc) is 3.04. The van der Waals surface area contributed by atoms with Gasteiger partial charge in [0.25, 0.3) is 0 Å². The minimum absolute atomic E-state index is 0.689. The Hall–Kier alpha value is -1.02. The first-order chi connectivity index (χ1) is 9.92. The van der Waals surface area contributed by atoms with Crippen LogP contribution in [0.5, 0.6) is 0 Å². The van der Waals surface area contributed by atoms with Crippen molar-refractivity contribution in [3.8, 4) is 0 Å². The van der Waals surface area contributed by atoms with Crippen molar-refractivity contribution in [1.82, 2.24) is 4.90 Å². The van der Waals surface area contributed by atoms with Crippen LogP contribution >= 0.6 is 0 Å². The molecule has 1 aromatic carbocycles. The summed E-state index contributed by atoms with van der Waals surface area (Å²) in [5.41, 5.74) is 3.01. The molecule has 4 aliphatic rings. The summed E-state index contributed by atoms with van der Waals surface area (Å²) < 4.78 is 0. The van der Waals surface area contributed by atoms with Crippen molar-refractivity contribution in [2.24, 2.45) is 11.8 Å². The molecular formula is C18H24N2. The summed E-state index contributed by atoms with van der Waals surface area (Å²) in [5, 5.41) is 3.90. The van der Waals surface area contributed by atoms with E-state index >= 15 is 0 Å². The van der Waals surface area contributed by atoms with E-state index in [1.807, 2.05) is 0 Å². The molecule has 0 radical (unpaired) electrons. The summed E-state index contributed by atoms with van der Waals surface area (Å²) in [6, 6.07) is 10.5. The lowest BCUT2D eigenvalue weighted by atomic mass is 9.73. The highest BCUT2D eigenvalue weighted by Gasteiger charge is 2.52. The van der Waals surface area contributed by atoms with Crippen LogP contribution in [-0.2, 0) is 0 Å². The van der Waals surface area contributed by atoms with Crippen LogP contribution in [0.3, 0.4) is 0 Å². The molecule has 1 N–H and O–H groups in total. The molecule has 1 aromatic rings. The number of benzene rings is 1. The number of anilines is 1. The van der Waals surface area contributed by atoms with Crippen molar-refractivity contribution in [2.75, 3.05) is 18.4 Å². The molecule has 0 spiro atoms. The lowest BCUT2D eigenvalue weighted by Crippen LogP contribution is -2.51. The summed E-state index contributed by atoms with van der Waals surface area (Å²) in [7, 11) is 0. The van der Waals surface area contributed by atoms with Gasteiger partial charge in [0.2, 0.25) is 0 Å². The quantitative estimate of drug-likeness (QED) is 0.775. The molecule has 0 aromatic heterocycles. The molecule has 1 aliphatic carbocycles. The minimum atomic E-state index is 0.689. The van der Waals surface area contributed by atoms with Crippen LogP contribution in [-0.4, -0.2) is 30.1 Å². The van der Waals surface area contributed by atoms with E-state index in [2.05, 4.69) is 34.5 Å². The van der Waals surface area contributed by atoms with E-state index in [9.17, 15) is 0 Å². The van der Waals surface area contributed by atoms with E-state index in [1.165, 1.54) is 50.9 Å². The van der Waals surface area contributed by atoms with Gasteiger partial charge in [0.05, 0.1) is 0 Å². The molecule has 2 nitrogen and oxygen atoms in total. The minimum Gasteiger partial charge on any atom is -0.380 e. The zero-order valence-electron chi connectivity index (χ0n) is 12.1. The van der Waals surface area contributed by atoms with Crippen LogP contribution in [0.1, 0.15) is 43.6 Å². The van der Waals surface area contributed by atoms with E-state index in [-0.39, 0.29) is 0 Å². The molecule has 106 valence electrons. The van der Waals surface area contributed by atoms with Gasteiger partial charge in [-0.15, -0.1) is 0 Å². The summed E-state index contributed by atoms with van der Waals surface area (Å²) in [5.74, 6) is 2.74. The fourth-order valence-corrected chi connectivity index (χ4v) is 5.73. The van der Waals surface area contributed by atoms with E-state index in [0.29, 0.717) is 6.04 Å². The Kier molecular flexibility index (Phi) is 2.46. The maximum absolute atomic E-state index is 3.90. The smallest absolute Gasteiger partial charge is 0.0489 e.